The number of hydrogen-bond donors (Lipinski definition) is 1. The van der Waals surface area contributed by atoms with Crippen LogP contribution >= 0.6 is 0 Å². The van der Waals surface area contributed by atoms with Crippen LogP contribution in [0.3, 0.4) is 0 Å². The van der Waals surface area contributed by atoms with Crippen molar-refractivity contribution in [3.05, 3.63) is 79.0 Å². The second-order valence-corrected chi connectivity index (χ2v) is 8.68. The van der Waals surface area contributed by atoms with Gasteiger partial charge < -0.3 is 10.2 Å². The Morgan fingerprint density at radius 1 is 0.969 bits per heavy atom. The lowest BCUT2D eigenvalue weighted by molar-refractivity contribution is 0.253. The number of hydrogen-bond acceptors (Lipinski definition) is 5. The van der Waals surface area contributed by atoms with Crippen molar-refractivity contribution in [2.24, 2.45) is 7.05 Å². The Balaban J connectivity index is 1.36. The van der Waals surface area contributed by atoms with Crippen LogP contribution in [0.15, 0.2) is 67.8 Å². The molecule has 0 radical (unpaired) electrons. The van der Waals surface area contributed by atoms with Gasteiger partial charge in [-0.2, -0.15) is 5.10 Å². The first-order valence-corrected chi connectivity index (χ1v) is 11.0. The molecule has 0 spiro atoms. The summed E-state index contributed by atoms with van der Waals surface area (Å²) in [5.41, 5.74) is 5.28. The molecule has 6 nitrogen and oxygen atoms in total. The van der Waals surface area contributed by atoms with Crippen LogP contribution in [0.1, 0.15) is 30.0 Å². The number of nitrogens with one attached hydrogen (secondary N) is 1. The van der Waals surface area contributed by atoms with Gasteiger partial charge in [-0.05, 0) is 68.2 Å². The zero-order valence-electron chi connectivity index (χ0n) is 18.6. The molecule has 0 atom stereocenters. The monoisotopic (exact) mass is 424 g/mol. The van der Waals surface area contributed by atoms with E-state index in [9.17, 15) is 0 Å². The second kappa shape index (κ2) is 8.55. The summed E-state index contributed by atoms with van der Waals surface area (Å²) in [4.78, 5) is 11.6. The molecular formula is C26H28N6. The second-order valence-electron chi connectivity index (χ2n) is 8.68. The van der Waals surface area contributed by atoms with Crippen molar-refractivity contribution in [1.82, 2.24) is 24.6 Å². The van der Waals surface area contributed by atoms with Gasteiger partial charge >= 0.3 is 0 Å². The minimum Gasteiger partial charge on any atom is -0.340 e. The summed E-state index contributed by atoms with van der Waals surface area (Å²) in [6.45, 7) is 6.51. The molecular weight excluding hydrogens is 396 g/mol. The molecule has 0 amide bonds. The van der Waals surface area contributed by atoms with Crippen LogP contribution < -0.4 is 5.32 Å². The predicted molar refractivity (Wildman–Crippen MR) is 130 cm³/mol. The Hall–Kier alpha value is -3.51. The Morgan fingerprint density at radius 2 is 1.81 bits per heavy atom. The molecule has 6 heteroatoms. The fraction of sp³-hybridized carbons (Fsp3) is 0.269. The summed E-state index contributed by atoms with van der Waals surface area (Å²) in [5, 5.41) is 9.90. The molecule has 1 saturated heterocycles. The lowest BCUT2D eigenvalue weighted by atomic mass is 9.92. The quantitative estimate of drug-likeness (QED) is 0.493. The molecule has 162 valence electrons. The number of aromatic nitrogens is 4. The Bertz CT molecular complexity index is 1270. The molecule has 1 aliphatic rings. The van der Waals surface area contributed by atoms with Gasteiger partial charge in [0.2, 0.25) is 0 Å². The molecule has 0 aliphatic carbocycles. The van der Waals surface area contributed by atoms with Crippen LogP contribution in [0.5, 0.6) is 0 Å². The predicted octanol–water partition coefficient (Wildman–Crippen LogP) is 4.92. The molecule has 0 bridgehead atoms. The van der Waals surface area contributed by atoms with Crippen LogP contribution in [-0.4, -0.2) is 44.8 Å². The Labute approximate surface area is 188 Å². The SMILES string of the molecule is C=C(Nc1cc2cc(-c3cnn(C)c3)ccc2cn1)c1ccnc(C2CCN(C)CC2)c1. The Morgan fingerprint density at radius 3 is 2.59 bits per heavy atom. The number of pyridine rings is 2. The summed E-state index contributed by atoms with van der Waals surface area (Å²) in [6, 6.07) is 12.6. The zero-order valence-corrected chi connectivity index (χ0v) is 18.6. The molecule has 1 aromatic carbocycles. The van der Waals surface area contributed by atoms with E-state index in [0.29, 0.717) is 5.92 Å². The van der Waals surface area contributed by atoms with Crippen molar-refractivity contribution in [2.75, 3.05) is 25.5 Å². The van der Waals surface area contributed by atoms with E-state index in [2.05, 4.69) is 69.2 Å². The van der Waals surface area contributed by atoms with Gasteiger partial charge in [-0.15, -0.1) is 0 Å². The molecule has 1 fully saturated rings. The average Bonchev–Trinajstić information content (AvgIpc) is 3.25. The van der Waals surface area contributed by atoms with Crippen molar-refractivity contribution in [3.63, 3.8) is 0 Å². The van der Waals surface area contributed by atoms with Crippen LogP contribution in [0.2, 0.25) is 0 Å². The van der Waals surface area contributed by atoms with Gasteiger partial charge in [0.1, 0.15) is 5.82 Å². The van der Waals surface area contributed by atoms with Crippen LogP contribution in [-0.2, 0) is 7.05 Å². The van der Waals surface area contributed by atoms with Gasteiger partial charge in [0.15, 0.2) is 0 Å². The van der Waals surface area contributed by atoms with Crippen LogP contribution in [0, 0.1) is 0 Å². The highest BCUT2D eigenvalue weighted by Gasteiger charge is 2.20. The molecule has 1 N–H and O–H groups in total. The standard InChI is InChI=1S/C26H28N6/c1-18(20-6-9-27-25(13-20)19-7-10-31(2)11-8-19)30-26-14-23-12-21(4-5-22(23)15-28-26)24-16-29-32(3)17-24/h4-6,9,12-17,19H,1,7-8,10-11H2,2-3H3,(H,28,30). The summed E-state index contributed by atoms with van der Waals surface area (Å²) >= 11 is 0. The first kappa shape index (κ1) is 20.4. The smallest absolute Gasteiger partial charge is 0.130 e. The fourth-order valence-corrected chi connectivity index (χ4v) is 4.35. The minimum atomic E-state index is 0.517. The number of fused-ring (bicyclic) bond motifs is 1. The number of nitrogens with zero attached hydrogens (tertiary/aromatic N) is 5. The maximum absolute atomic E-state index is 4.65. The molecule has 1 aliphatic heterocycles. The van der Waals surface area contributed by atoms with E-state index in [1.165, 1.54) is 0 Å². The van der Waals surface area contributed by atoms with E-state index in [-0.39, 0.29) is 0 Å². The van der Waals surface area contributed by atoms with Crippen molar-refractivity contribution in [2.45, 2.75) is 18.8 Å². The van der Waals surface area contributed by atoms with Crippen molar-refractivity contribution < 1.29 is 0 Å². The number of benzene rings is 1. The average molecular weight is 425 g/mol. The molecule has 0 saturated carbocycles. The molecule has 32 heavy (non-hydrogen) atoms. The van der Waals surface area contributed by atoms with E-state index in [0.717, 1.165) is 70.6 Å². The van der Waals surface area contributed by atoms with Crippen LogP contribution in [0.25, 0.3) is 27.6 Å². The van der Waals surface area contributed by atoms with Gasteiger partial charge in [0, 0.05) is 59.5 Å². The van der Waals surface area contributed by atoms with E-state index < -0.39 is 0 Å². The molecule has 0 unspecified atom stereocenters. The number of piperidine rings is 1. The maximum Gasteiger partial charge on any atom is 0.130 e. The lowest BCUT2D eigenvalue weighted by Crippen LogP contribution is -2.29. The van der Waals surface area contributed by atoms with Crippen molar-refractivity contribution >= 4 is 22.3 Å². The van der Waals surface area contributed by atoms with Gasteiger partial charge in [-0.1, -0.05) is 18.7 Å². The van der Waals surface area contributed by atoms with E-state index >= 15 is 0 Å². The highest BCUT2D eigenvalue weighted by atomic mass is 15.2. The van der Waals surface area contributed by atoms with E-state index in [4.69, 9.17) is 0 Å². The lowest BCUT2D eigenvalue weighted by Gasteiger charge is -2.28. The number of likely N-dealkylation sites (tertiary alicyclic amines) is 1. The molecule has 4 heterocycles. The topological polar surface area (TPSA) is 58.9 Å². The number of rotatable bonds is 5. The summed E-state index contributed by atoms with van der Waals surface area (Å²) in [7, 11) is 4.11. The molecule has 3 aromatic heterocycles. The van der Waals surface area contributed by atoms with Gasteiger partial charge in [-0.25, -0.2) is 4.98 Å². The summed E-state index contributed by atoms with van der Waals surface area (Å²) in [6.07, 6.45) is 10.00. The first-order valence-electron chi connectivity index (χ1n) is 11.0. The minimum absolute atomic E-state index is 0.517. The first-order chi connectivity index (χ1) is 15.5. The molecule has 5 rings (SSSR count). The van der Waals surface area contributed by atoms with E-state index in [1.54, 1.807) is 0 Å². The zero-order chi connectivity index (χ0) is 22.1. The summed E-state index contributed by atoms with van der Waals surface area (Å²) in [5.74, 6) is 1.30. The fourth-order valence-electron chi connectivity index (χ4n) is 4.35. The van der Waals surface area contributed by atoms with E-state index in [1.807, 2.05) is 42.6 Å². The highest BCUT2D eigenvalue weighted by Crippen LogP contribution is 2.29. The number of aryl methyl sites for hydroxylation is 1. The van der Waals surface area contributed by atoms with Gasteiger partial charge in [-0.3, -0.25) is 9.67 Å². The Kier molecular flexibility index (Phi) is 5.45. The van der Waals surface area contributed by atoms with Crippen molar-refractivity contribution in [3.8, 4) is 11.1 Å². The van der Waals surface area contributed by atoms with Gasteiger partial charge in [0.25, 0.3) is 0 Å². The third kappa shape index (κ3) is 4.27. The third-order valence-electron chi connectivity index (χ3n) is 6.31. The molecule has 4 aromatic rings. The highest BCUT2D eigenvalue weighted by molar-refractivity contribution is 5.89. The van der Waals surface area contributed by atoms with Crippen LogP contribution in [0.4, 0.5) is 5.82 Å². The van der Waals surface area contributed by atoms with Crippen molar-refractivity contribution in [1.29, 1.82) is 0 Å². The normalized spacial score (nSPS) is 15.2. The number of anilines is 1. The maximum atomic E-state index is 4.65. The largest absolute Gasteiger partial charge is 0.340 e. The summed E-state index contributed by atoms with van der Waals surface area (Å²) < 4.78 is 1.82. The van der Waals surface area contributed by atoms with Gasteiger partial charge in [0.05, 0.1) is 6.20 Å². The third-order valence-corrected chi connectivity index (χ3v) is 6.31.